The van der Waals surface area contributed by atoms with Gasteiger partial charge in [0.15, 0.2) is 0 Å². The quantitative estimate of drug-likeness (QED) is 0.530. The highest BCUT2D eigenvalue weighted by molar-refractivity contribution is 5.81. The van der Waals surface area contributed by atoms with E-state index in [1.165, 1.54) is 6.08 Å². The van der Waals surface area contributed by atoms with Crippen LogP contribution < -0.4 is 11.1 Å². The van der Waals surface area contributed by atoms with E-state index in [1.54, 1.807) is 0 Å². The fraction of sp³-hybridized carbons (Fsp3) is 0.556. The highest BCUT2D eigenvalue weighted by Gasteiger charge is 2.25. The second kappa shape index (κ2) is 4.76. The Kier molecular flexibility index (Phi) is 3.64. The van der Waals surface area contributed by atoms with Gasteiger partial charge in [0, 0.05) is 24.6 Å². The first kappa shape index (κ1) is 10.7. The van der Waals surface area contributed by atoms with Crippen molar-refractivity contribution in [3.63, 3.8) is 0 Å². The third kappa shape index (κ3) is 3.18. The van der Waals surface area contributed by atoms with Crippen LogP contribution in [0, 0.1) is 5.92 Å². The van der Waals surface area contributed by atoms with Crippen molar-refractivity contribution < 1.29 is 14.7 Å². The summed E-state index contributed by atoms with van der Waals surface area (Å²) < 4.78 is 0. The molecule has 0 bridgehead atoms. The number of nitrogens with one attached hydrogen (secondary N) is 1. The summed E-state index contributed by atoms with van der Waals surface area (Å²) in [6, 6.07) is -0.361. The van der Waals surface area contributed by atoms with E-state index < -0.39 is 5.97 Å². The summed E-state index contributed by atoms with van der Waals surface area (Å²) in [4.78, 5) is 21.3. The normalized spacial score (nSPS) is 23.8. The fourth-order valence-electron chi connectivity index (χ4n) is 1.48. The van der Waals surface area contributed by atoms with Crippen LogP contribution in [0.3, 0.4) is 0 Å². The van der Waals surface area contributed by atoms with E-state index >= 15 is 0 Å². The first-order valence-corrected chi connectivity index (χ1v) is 4.54. The molecular formula is C9H14N2O3. The van der Waals surface area contributed by atoms with Gasteiger partial charge >= 0.3 is 5.97 Å². The molecule has 0 unspecified atom stereocenters. The number of hydrogen-bond donors (Lipinski definition) is 3. The van der Waals surface area contributed by atoms with Crippen molar-refractivity contribution in [2.24, 2.45) is 11.7 Å². The van der Waals surface area contributed by atoms with Crippen LogP contribution in [0.4, 0.5) is 0 Å². The Morgan fingerprint density at radius 2 is 2.50 bits per heavy atom. The average Bonchev–Trinajstić information content (AvgIpc) is 2.49. The lowest BCUT2D eigenvalue weighted by atomic mass is 9.99. The predicted octanol–water partition coefficient (Wildman–Crippen LogP) is -0.519. The molecule has 0 aliphatic carbocycles. The van der Waals surface area contributed by atoms with Gasteiger partial charge in [-0.3, -0.25) is 4.79 Å². The molecule has 2 atom stereocenters. The van der Waals surface area contributed by atoms with Crippen LogP contribution in [-0.2, 0) is 9.59 Å². The molecule has 1 amide bonds. The van der Waals surface area contributed by atoms with Crippen LogP contribution in [-0.4, -0.2) is 29.6 Å². The highest BCUT2D eigenvalue weighted by Crippen LogP contribution is 2.15. The second-order valence-electron chi connectivity index (χ2n) is 3.37. The number of aliphatic carboxylic acids is 1. The van der Waals surface area contributed by atoms with Crippen LogP contribution in [0.15, 0.2) is 12.2 Å². The number of hydrogen-bond acceptors (Lipinski definition) is 3. The third-order valence-electron chi connectivity index (χ3n) is 2.21. The molecule has 0 aromatic carbocycles. The first-order chi connectivity index (χ1) is 6.59. The van der Waals surface area contributed by atoms with Crippen molar-refractivity contribution in [3.05, 3.63) is 12.2 Å². The number of carboxylic acid groups (broad SMARTS) is 1. The average molecular weight is 198 g/mol. The third-order valence-corrected chi connectivity index (χ3v) is 2.21. The van der Waals surface area contributed by atoms with Gasteiger partial charge in [0.2, 0.25) is 5.91 Å². The van der Waals surface area contributed by atoms with Gasteiger partial charge in [-0.05, 0) is 12.8 Å². The van der Waals surface area contributed by atoms with Gasteiger partial charge in [-0.1, -0.05) is 6.08 Å². The van der Waals surface area contributed by atoms with Crippen molar-refractivity contribution in [1.82, 2.24) is 5.32 Å². The number of amides is 1. The van der Waals surface area contributed by atoms with Gasteiger partial charge in [0.1, 0.15) is 0 Å². The molecular weight excluding hydrogens is 184 g/mol. The molecule has 1 aliphatic rings. The van der Waals surface area contributed by atoms with Crippen molar-refractivity contribution >= 4 is 11.9 Å². The summed E-state index contributed by atoms with van der Waals surface area (Å²) in [7, 11) is 0. The second-order valence-corrected chi connectivity index (χ2v) is 3.37. The van der Waals surface area contributed by atoms with Gasteiger partial charge in [0.25, 0.3) is 0 Å². The van der Waals surface area contributed by atoms with E-state index in [0.29, 0.717) is 13.0 Å². The minimum atomic E-state index is -1.02. The highest BCUT2D eigenvalue weighted by atomic mass is 16.4. The van der Waals surface area contributed by atoms with Crippen LogP contribution in [0.1, 0.15) is 12.8 Å². The van der Waals surface area contributed by atoms with Crippen molar-refractivity contribution in [2.45, 2.75) is 18.9 Å². The van der Waals surface area contributed by atoms with Crippen LogP contribution in [0.25, 0.3) is 0 Å². The Bertz CT molecular complexity index is 263. The van der Waals surface area contributed by atoms with Crippen LogP contribution >= 0.6 is 0 Å². The lowest BCUT2D eigenvalue weighted by Crippen LogP contribution is -2.26. The lowest BCUT2D eigenvalue weighted by Gasteiger charge is -2.09. The number of nitrogens with two attached hydrogens (primary N) is 1. The Balaban J connectivity index is 2.36. The monoisotopic (exact) mass is 198 g/mol. The zero-order valence-electron chi connectivity index (χ0n) is 7.77. The van der Waals surface area contributed by atoms with Crippen LogP contribution in [0.2, 0.25) is 0 Å². The number of rotatable bonds is 4. The molecule has 14 heavy (non-hydrogen) atoms. The largest absolute Gasteiger partial charge is 0.478 e. The van der Waals surface area contributed by atoms with Gasteiger partial charge in [-0.2, -0.15) is 0 Å². The van der Waals surface area contributed by atoms with E-state index in [-0.39, 0.29) is 17.9 Å². The molecule has 1 aliphatic heterocycles. The fourth-order valence-corrected chi connectivity index (χ4v) is 1.48. The maximum Gasteiger partial charge on any atom is 0.328 e. The summed E-state index contributed by atoms with van der Waals surface area (Å²) in [6.07, 6.45) is 3.72. The zero-order valence-corrected chi connectivity index (χ0v) is 7.77. The molecule has 0 aromatic rings. The summed E-state index contributed by atoms with van der Waals surface area (Å²) in [5, 5.41) is 11.1. The van der Waals surface area contributed by atoms with E-state index in [4.69, 9.17) is 10.8 Å². The first-order valence-electron chi connectivity index (χ1n) is 4.54. The van der Waals surface area contributed by atoms with E-state index in [2.05, 4.69) is 5.32 Å². The Labute approximate surface area is 82.0 Å². The maximum atomic E-state index is 11.1. The maximum absolute atomic E-state index is 11.1. The molecule has 1 saturated heterocycles. The van der Waals surface area contributed by atoms with E-state index in [1.807, 2.05) is 0 Å². The van der Waals surface area contributed by atoms with Gasteiger partial charge in [-0.15, -0.1) is 0 Å². The molecule has 78 valence electrons. The predicted molar refractivity (Wildman–Crippen MR) is 50.5 cm³/mol. The van der Waals surface area contributed by atoms with Crippen molar-refractivity contribution in [2.75, 3.05) is 6.54 Å². The molecule has 4 N–H and O–H groups in total. The summed E-state index contributed by atoms with van der Waals surface area (Å²) in [5.41, 5.74) is 5.63. The summed E-state index contributed by atoms with van der Waals surface area (Å²) in [5.74, 6) is -1.07. The molecule has 1 heterocycles. The molecule has 0 radical (unpaired) electrons. The van der Waals surface area contributed by atoms with Gasteiger partial charge in [-0.25, -0.2) is 4.79 Å². The number of carbonyl (C=O) groups is 2. The Morgan fingerprint density at radius 1 is 1.79 bits per heavy atom. The van der Waals surface area contributed by atoms with Crippen molar-refractivity contribution in [1.29, 1.82) is 0 Å². The Morgan fingerprint density at radius 3 is 3.00 bits per heavy atom. The molecule has 5 heteroatoms. The molecule has 1 rings (SSSR count). The molecule has 0 aromatic heterocycles. The topological polar surface area (TPSA) is 92.4 Å². The lowest BCUT2D eigenvalue weighted by molar-refractivity contribution is -0.131. The van der Waals surface area contributed by atoms with Gasteiger partial charge < -0.3 is 16.2 Å². The number of carbonyl (C=O) groups excluding carboxylic acids is 1. The molecule has 1 fully saturated rings. The van der Waals surface area contributed by atoms with Crippen LogP contribution in [0.5, 0.6) is 0 Å². The molecule has 0 saturated carbocycles. The standard InChI is InChI=1S/C9H14N2O3/c10-7(1-2-8(12)13)5-6-3-4-11-9(6)14/h1-2,6-7H,3-5,10H2,(H,11,14)(H,12,13)/b2-1+/t6-,7+/m0/s1. The summed E-state index contributed by atoms with van der Waals surface area (Å²) in [6.45, 7) is 0.693. The van der Waals surface area contributed by atoms with E-state index in [9.17, 15) is 9.59 Å². The SMILES string of the molecule is N[C@H](/C=C/C(=O)O)C[C@@H]1CCNC1=O. The van der Waals surface area contributed by atoms with Gasteiger partial charge in [0.05, 0.1) is 0 Å². The minimum absolute atomic E-state index is 0.0178. The molecule has 5 nitrogen and oxygen atoms in total. The Hall–Kier alpha value is -1.36. The molecule has 0 spiro atoms. The minimum Gasteiger partial charge on any atom is -0.478 e. The summed E-state index contributed by atoms with van der Waals surface area (Å²) >= 11 is 0. The number of carboxylic acids is 1. The van der Waals surface area contributed by atoms with Crippen molar-refractivity contribution in [3.8, 4) is 0 Å². The zero-order chi connectivity index (χ0) is 10.6. The van der Waals surface area contributed by atoms with E-state index in [0.717, 1.165) is 12.5 Å². The smallest absolute Gasteiger partial charge is 0.328 e.